The van der Waals surface area contributed by atoms with Gasteiger partial charge in [0.25, 0.3) is 11.8 Å². The number of hydrogen-bond donors (Lipinski definition) is 4. The van der Waals surface area contributed by atoms with Crippen LogP contribution in [0.25, 0.3) is 0 Å². The summed E-state index contributed by atoms with van der Waals surface area (Å²) < 4.78 is 48.5. The van der Waals surface area contributed by atoms with Gasteiger partial charge in [0.2, 0.25) is 17.7 Å². The van der Waals surface area contributed by atoms with Crippen LogP contribution in [0.15, 0.2) is 48.5 Å². The zero-order chi connectivity index (χ0) is 38.2. The molecule has 0 unspecified atom stereocenters. The van der Waals surface area contributed by atoms with E-state index in [4.69, 9.17) is 21.1 Å². The minimum Gasteiger partial charge on any atom is -0.467 e. The number of nitrogens with zero attached hydrogens (tertiary/aromatic N) is 3. The van der Waals surface area contributed by atoms with Crippen LogP contribution in [0.5, 0.6) is 6.01 Å². The summed E-state index contributed by atoms with van der Waals surface area (Å²) in [4.78, 5) is 62.7. The number of nitrogens with one attached hydrogen (secondary N) is 4. The molecule has 1 atom stereocenters. The summed E-state index contributed by atoms with van der Waals surface area (Å²) in [6, 6.07) is 11.4. The normalized spacial score (nSPS) is 18.2. The van der Waals surface area contributed by atoms with Gasteiger partial charge in [-0.1, -0.05) is 43.5 Å². The minimum atomic E-state index is -4.63. The van der Waals surface area contributed by atoms with Gasteiger partial charge in [-0.15, -0.1) is 0 Å². The molecule has 2 amide bonds. The number of benzene rings is 2. The maximum Gasteiger partial charge on any atom is 0.422 e. The van der Waals surface area contributed by atoms with Crippen LogP contribution < -0.4 is 26.0 Å². The van der Waals surface area contributed by atoms with Crippen molar-refractivity contribution in [2.24, 2.45) is 11.8 Å². The van der Waals surface area contributed by atoms with Crippen molar-refractivity contribution in [1.82, 2.24) is 25.6 Å². The van der Waals surface area contributed by atoms with Crippen LogP contribution >= 0.6 is 11.6 Å². The fraction of sp³-hybridized carbons (Fsp3) is 0.472. The molecule has 2 fully saturated rings. The molecular weight excluding hydrogens is 719 g/mol. The summed E-state index contributed by atoms with van der Waals surface area (Å²) >= 11 is 6.03. The summed E-state index contributed by atoms with van der Waals surface area (Å²) in [5.41, 5.74) is 0.894. The van der Waals surface area contributed by atoms with E-state index in [2.05, 4.69) is 43.1 Å². The number of carbonyl (C=O) groups excluding carboxylic acids is 4. The topological polar surface area (TPSA) is 174 Å². The van der Waals surface area contributed by atoms with Gasteiger partial charge in [0.1, 0.15) is 6.04 Å². The lowest BCUT2D eigenvalue weighted by atomic mass is 9.80. The number of hydrogen-bond acceptors (Lipinski definition) is 11. The summed E-state index contributed by atoms with van der Waals surface area (Å²) in [5, 5.41) is 11.8. The molecule has 0 aliphatic heterocycles. The zero-order valence-corrected chi connectivity index (χ0v) is 30.0. The maximum atomic E-state index is 13.1. The van der Waals surface area contributed by atoms with Crippen molar-refractivity contribution in [3.8, 4) is 6.01 Å². The van der Waals surface area contributed by atoms with E-state index in [0.29, 0.717) is 16.6 Å². The molecule has 0 saturated heterocycles. The standard InChI is InChI=1S/C36H41ClF3N7O6/c1-21-3-5-22(6-4-21)19-28(48)30(50)41-18-15-27(31(51)52-2)43-29(49)23-7-13-26(14-8-23)42-32-44-33(46-34(45-32)53-20-36(38,39)40)47-35(16-17-35)24-9-11-25(37)12-10-24/h7-14,21-22,27H,3-6,15-20H2,1-2H3,(H,41,50)(H,43,49)(H2,42,44,45,46,47)/t21?,22?,27-/m0/s1. The van der Waals surface area contributed by atoms with Crippen LogP contribution in [0, 0.1) is 11.8 Å². The summed E-state index contributed by atoms with van der Waals surface area (Å²) in [6.07, 6.45) is 0.874. The summed E-state index contributed by atoms with van der Waals surface area (Å²) in [7, 11) is 1.17. The molecule has 0 bridgehead atoms. The number of amides is 2. The molecule has 1 heterocycles. The van der Waals surface area contributed by atoms with Gasteiger partial charge in [-0.3, -0.25) is 14.4 Å². The fourth-order valence-electron chi connectivity index (χ4n) is 6.06. The largest absolute Gasteiger partial charge is 0.467 e. The number of alkyl halides is 3. The lowest BCUT2D eigenvalue weighted by Gasteiger charge is -2.25. The van der Waals surface area contributed by atoms with Crippen molar-refractivity contribution in [3.63, 3.8) is 0 Å². The Hall–Kier alpha value is -4.99. The number of carbonyl (C=O) groups is 4. The van der Waals surface area contributed by atoms with Gasteiger partial charge in [0, 0.05) is 29.2 Å². The van der Waals surface area contributed by atoms with E-state index in [-0.39, 0.29) is 42.8 Å². The van der Waals surface area contributed by atoms with Crippen molar-refractivity contribution in [3.05, 3.63) is 64.7 Å². The third-order valence-corrected chi connectivity index (χ3v) is 9.51. The van der Waals surface area contributed by atoms with Crippen LogP contribution in [0.2, 0.25) is 5.02 Å². The number of Topliss-reactive ketones (excluding diaryl/α,β-unsaturated/α-hetero) is 1. The first kappa shape index (κ1) is 39.2. The second-order valence-electron chi connectivity index (χ2n) is 13.4. The first-order valence-electron chi connectivity index (χ1n) is 17.3. The van der Waals surface area contributed by atoms with Gasteiger partial charge >= 0.3 is 18.2 Å². The fourth-order valence-corrected chi connectivity index (χ4v) is 6.18. The number of esters is 1. The number of ether oxygens (including phenoxy) is 2. The average molecular weight is 760 g/mol. The van der Waals surface area contributed by atoms with Crippen molar-refractivity contribution >= 4 is 52.8 Å². The number of aromatic nitrogens is 3. The van der Waals surface area contributed by atoms with E-state index in [9.17, 15) is 32.3 Å². The van der Waals surface area contributed by atoms with Gasteiger partial charge < -0.3 is 30.7 Å². The van der Waals surface area contributed by atoms with Gasteiger partial charge in [0.05, 0.1) is 12.6 Å². The number of rotatable bonds is 16. The first-order chi connectivity index (χ1) is 25.2. The van der Waals surface area contributed by atoms with E-state index in [1.54, 1.807) is 12.1 Å². The molecule has 2 saturated carbocycles. The number of halogens is 4. The Morgan fingerprint density at radius 3 is 2.23 bits per heavy atom. The highest BCUT2D eigenvalue weighted by Crippen LogP contribution is 2.48. The quantitative estimate of drug-likeness (QED) is 0.102. The van der Waals surface area contributed by atoms with E-state index < -0.39 is 53.9 Å². The van der Waals surface area contributed by atoms with Crippen LogP contribution in [0.4, 0.5) is 30.8 Å². The van der Waals surface area contributed by atoms with E-state index >= 15 is 0 Å². The highest BCUT2D eigenvalue weighted by molar-refractivity contribution is 6.36. The van der Waals surface area contributed by atoms with Crippen molar-refractivity contribution in [1.29, 1.82) is 0 Å². The first-order valence-corrected chi connectivity index (χ1v) is 17.7. The molecule has 2 aliphatic rings. The Morgan fingerprint density at radius 1 is 0.943 bits per heavy atom. The third-order valence-electron chi connectivity index (χ3n) is 9.25. The van der Waals surface area contributed by atoms with Crippen molar-refractivity contribution in [2.75, 3.05) is 30.9 Å². The highest BCUT2D eigenvalue weighted by atomic mass is 35.5. The van der Waals surface area contributed by atoms with Crippen LogP contribution in [-0.4, -0.2) is 71.0 Å². The molecule has 13 nitrogen and oxygen atoms in total. The Morgan fingerprint density at radius 2 is 1.60 bits per heavy atom. The molecule has 2 aliphatic carbocycles. The molecule has 2 aromatic carbocycles. The Kier molecular flexibility index (Phi) is 12.7. The van der Waals surface area contributed by atoms with Crippen molar-refractivity contribution < 1.29 is 41.8 Å². The Balaban J connectivity index is 1.19. The number of methoxy groups -OCH3 is 1. The van der Waals surface area contributed by atoms with Crippen molar-refractivity contribution in [2.45, 2.75) is 76.0 Å². The SMILES string of the molecule is COC(=O)[C@H](CCNC(=O)C(=O)CC1CCC(C)CC1)NC(=O)c1ccc(Nc2nc(NC3(c4ccc(Cl)cc4)CC3)nc(OCC(F)(F)F)n2)cc1. The second-order valence-corrected chi connectivity index (χ2v) is 13.9. The van der Waals surface area contributed by atoms with Gasteiger partial charge in [-0.25, -0.2) is 4.79 Å². The predicted molar refractivity (Wildman–Crippen MR) is 189 cm³/mol. The molecular formula is C36H41ClF3N7O6. The molecule has 1 aromatic heterocycles. The molecule has 17 heteroatoms. The monoisotopic (exact) mass is 759 g/mol. The third kappa shape index (κ3) is 11.5. The van der Waals surface area contributed by atoms with E-state index in [1.165, 1.54) is 31.4 Å². The van der Waals surface area contributed by atoms with Crippen LogP contribution in [-0.2, 0) is 24.7 Å². The minimum absolute atomic E-state index is 0.0172. The van der Waals surface area contributed by atoms with E-state index in [1.807, 2.05) is 12.1 Å². The number of anilines is 3. The molecule has 3 aromatic rings. The predicted octanol–water partition coefficient (Wildman–Crippen LogP) is 5.87. The molecule has 0 spiro atoms. The molecule has 284 valence electrons. The van der Waals surface area contributed by atoms with Crippen LogP contribution in [0.1, 0.15) is 74.2 Å². The lowest BCUT2D eigenvalue weighted by Crippen LogP contribution is -2.44. The van der Waals surface area contributed by atoms with E-state index in [0.717, 1.165) is 44.1 Å². The Labute approximate surface area is 309 Å². The van der Waals surface area contributed by atoms with Gasteiger partial charge in [-0.2, -0.15) is 28.1 Å². The maximum absolute atomic E-state index is 13.1. The molecule has 0 radical (unpaired) electrons. The average Bonchev–Trinajstić information content (AvgIpc) is 3.91. The molecule has 5 rings (SSSR count). The lowest BCUT2D eigenvalue weighted by molar-refractivity contribution is -0.154. The van der Waals surface area contributed by atoms with Gasteiger partial charge in [0.15, 0.2) is 6.61 Å². The highest BCUT2D eigenvalue weighted by Gasteiger charge is 2.45. The molecule has 53 heavy (non-hydrogen) atoms. The second kappa shape index (κ2) is 17.2. The smallest absolute Gasteiger partial charge is 0.422 e. The van der Waals surface area contributed by atoms with Crippen LogP contribution in [0.3, 0.4) is 0 Å². The summed E-state index contributed by atoms with van der Waals surface area (Å²) in [6.45, 7) is 0.516. The molecule has 4 N–H and O–H groups in total. The van der Waals surface area contributed by atoms with Gasteiger partial charge in [-0.05, 0) is 85.9 Å². The Bertz CT molecular complexity index is 1770. The zero-order valence-electron chi connectivity index (χ0n) is 29.2. The summed E-state index contributed by atoms with van der Waals surface area (Å²) in [5.74, 6) is -1.91. The number of ketones is 1.